The number of fused-ring (bicyclic) bond motifs is 8. The predicted molar refractivity (Wildman–Crippen MR) is 241 cm³/mol. The van der Waals surface area contributed by atoms with E-state index in [-0.39, 0.29) is 0 Å². The van der Waals surface area contributed by atoms with Gasteiger partial charge in [-0.1, -0.05) is 176 Å². The molecule has 0 N–H and O–H groups in total. The molecular weight excluding hydrogens is 697 g/mol. The fourth-order valence-electron chi connectivity index (χ4n) is 9.19. The van der Waals surface area contributed by atoms with E-state index >= 15 is 0 Å². The van der Waals surface area contributed by atoms with Crippen LogP contribution in [0.1, 0.15) is 0 Å². The molecule has 0 radical (unpaired) electrons. The summed E-state index contributed by atoms with van der Waals surface area (Å²) in [5.41, 5.74) is 9.11. The molecule has 0 amide bonds. The van der Waals surface area contributed by atoms with Gasteiger partial charge in [-0.15, -0.1) is 11.3 Å². The van der Waals surface area contributed by atoms with E-state index in [1.165, 1.54) is 80.0 Å². The Bertz CT molecular complexity index is 3470. The minimum absolute atomic E-state index is 0.890. The molecule has 0 unspecified atom stereocenters. The molecule has 0 aliphatic carbocycles. The summed E-state index contributed by atoms with van der Waals surface area (Å²) in [5.74, 6) is 0.890. The van der Waals surface area contributed by atoms with Gasteiger partial charge in [0.05, 0.1) is 0 Å². The third-order valence-corrected chi connectivity index (χ3v) is 12.8. The molecule has 2 heterocycles. The van der Waals surface area contributed by atoms with Crippen molar-refractivity contribution >= 4 is 85.6 Å². The Morgan fingerprint density at radius 1 is 0.321 bits per heavy atom. The molecule has 2 heteroatoms. The van der Waals surface area contributed by atoms with Crippen LogP contribution in [0.5, 0.6) is 0 Å². The van der Waals surface area contributed by atoms with E-state index in [0.29, 0.717) is 0 Å². The summed E-state index contributed by atoms with van der Waals surface area (Å²) >= 11 is 1.87. The highest BCUT2D eigenvalue weighted by atomic mass is 32.1. The highest BCUT2D eigenvalue weighted by Gasteiger charge is 2.27. The van der Waals surface area contributed by atoms with E-state index in [1.807, 2.05) is 11.3 Å². The number of thiophene rings is 1. The molecule has 10 aromatic carbocycles. The third kappa shape index (κ3) is 4.60. The van der Waals surface area contributed by atoms with Crippen molar-refractivity contribution in [1.29, 1.82) is 0 Å². The molecule has 2 aromatic heterocycles. The van der Waals surface area contributed by atoms with Gasteiger partial charge in [0.15, 0.2) is 0 Å². The molecule has 1 nitrogen and oxygen atoms in total. The van der Waals surface area contributed by atoms with Crippen molar-refractivity contribution in [2.75, 3.05) is 0 Å². The van der Waals surface area contributed by atoms with Gasteiger partial charge in [-0.2, -0.15) is 0 Å². The van der Waals surface area contributed by atoms with E-state index in [0.717, 1.165) is 39.0 Å². The Morgan fingerprint density at radius 2 is 0.911 bits per heavy atom. The normalized spacial score (nSPS) is 11.9. The Balaban J connectivity index is 1.29. The monoisotopic (exact) mass is 728 g/mol. The highest BCUT2D eigenvalue weighted by molar-refractivity contribution is 7.26. The second-order valence-corrected chi connectivity index (χ2v) is 15.8. The van der Waals surface area contributed by atoms with Crippen LogP contribution < -0.4 is 0 Å². The summed E-state index contributed by atoms with van der Waals surface area (Å²) in [6, 6.07) is 70.7. The smallest absolute Gasteiger partial charge is 0.144 e. The van der Waals surface area contributed by atoms with Crippen LogP contribution in [-0.4, -0.2) is 0 Å². The summed E-state index contributed by atoms with van der Waals surface area (Å²) < 4.78 is 9.97. The first-order valence-electron chi connectivity index (χ1n) is 19.2. The molecular formula is C54H32OS. The maximum atomic E-state index is 7.46. The zero-order chi connectivity index (χ0) is 36.7. The lowest BCUT2D eigenvalue weighted by atomic mass is 9.84. The van der Waals surface area contributed by atoms with Crippen molar-refractivity contribution in [1.82, 2.24) is 0 Å². The molecule has 0 aliphatic rings. The second-order valence-electron chi connectivity index (χ2n) is 14.7. The molecule has 0 fully saturated rings. The van der Waals surface area contributed by atoms with Crippen molar-refractivity contribution in [3.63, 3.8) is 0 Å². The van der Waals surface area contributed by atoms with E-state index < -0.39 is 0 Å². The molecule has 0 spiro atoms. The molecule has 12 aromatic rings. The summed E-state index contributed by atoms with van der Waals surface area (Å²) in [7, 11) is 0. The topological polar surface area (TPSA) is 13.1 Å². The van der Waals surface area contributed by atoms with Gasteiger partial charge in [0, 0.05) is 47.8 Å². The minimum Gasteiger partial charge on any atom is -0.455 e. The Labute approximate surface area is 327 Å². The van der Waals surface area contributed by atoms with E-state index in [2.05, 4.69) is 194 Å². The fraction of sp³-hybridized carbons (Fsp3) is 0. The van der Waals surface area contributed by atoms with Gasteiger partial charge in [0.25, 0.3) is 0 Å². The van der Waals surface area contributed by atoms with Crippen molar-refractivity contribution in [2.24, 2.45) is 0 Å². The van der Waals surface area contributed by atoms with Crippen LogP contribution in [0.4, 0.5) is 0 Å². The van der Waals surface area contributed by atoms with Gasteiger partial charge in [0.2, 0.25) is 0 Å². The number of furan rings is 1. The Kier molecular flexibility index (Phi) is 6.87. The third-order valence-electron chi connectivity index (χ3n) is 11.6. The summed E-state index contributed by atoms with van der Waals surface area (Å²) in [6.07, 6.45) is 0. The number of benzene rings is 10. The van der Waals surface area contributed by atoms with Crippen LogP contribution in [0.25, 0.3) is 119 Å². The van der Waals surface area contributed by atoms with Gasteiger partial charge in [-0.25, -0.2) is 0 Å². The van der Waals surface area contributed by atoms with Crippen molar-refractivity contribution in [2.45, 2.75) is 0 Å². The van der Waals surface area contributed by atoms with Crippen LogP contribution in [-0.2, 0) is 0 Å². The number of rotatable bonds is 4. The maximum absolute atomic E-state index is 7.46. The largest absolute Gasteiger partial charge is 0.455 e. The quantitative estimate of drug-likeness (QED) is 0.165. The molecule has 56 heavy (non-hydrogen) atoms. The second kappa shape index (κ2) is 12.3. The zero-order valence-corrected chi connectivity index (χ0v) is 31.1. The Morgan fingerprint density at radius 3 is 1.66 bits per heavy atom. The van der Waals surface area contributed by atoms with E-state index in [4.69, 9.17) is 4.42 Å². The molecule has 260 valence electrons. The average molecular weight is 729 g/mol. The van der Waals surface area contributed by atoms with Crippen molar-refractivity contribution < 1.29 is 4.42 Å². The fourth-order valence-corrected chi connectivity index (χ4v) is 10.4. The maximum Gasteiger partial charge on any atom is 0.144 e. The summed E-state index contributed by atoms with van der Waals surface area (Å²) in [4.78, 5) is 0. The van der Waals surface area contributed by atoms with Crippen molar-refractivity contribution in [3.8, 4) is 44.7 Å². The minimum atomic E-state index is 0.890. The van der Waals surface area contributed by atoms with Crippen LogP contribution >= 0.6 is 11.3 Å². The summed E-state index contributed by atoms with van der Waals surface area (Å²) in [6.45, 7) is 0. The van der Waals surface area contributed by atoms with Crippen LogP contribution in [0.3, 0.4) is 0 Å². The van der Waals surface area contributed by atoms with Gasteiger partial charge in [-0.3, -0.25) is 0 Å². The molecule has 0 atom stereocenters. The first-order chi connectivity index (χ1) is 27.8. The predicted octanol–water partition coefficient (Wildman–Crippen LogP) is 16.1. The lowest BCUT2D eigenvalue weighted by Crippen LogP contribution is -1.92. The van der Waals surface area contributed by atoms with E-state index in [1.54, 1.807) is 0 Å². The van der Waals surface area contributed by atoms with E-state index in [9.17, 15) is 0 Å². The number of hydrogen-bond donors (Lipinski definition) is 0. The van der Waals surface area contributed by atoms with Crippen molar-refractivity contribution in [3.05, 3.63) is 194 Å². The average Bonchev–Trinajstić information content (AvgIpc) is 3.84. The lowest BCUT2D eigenvalue weighted by Gasteiger charge is -2.19. The number of hydrogen-bond acceptors (Lipinski definition) is 2. The van der Waals surface area contributed by atoms with Gasteiger partial charge >= 0.3 is 0 Å². The van der Waals surface area contributed by atoms with Crippen LogP contribution in [0, 0.1) is 0 Å². The molecule has 12 rings (SSSR count). The van der Waals surface area contributed by atoms with Gasteiger partial charge in [-0.05, 0) is 78.0 Å². The SMILES string of the molecule is c1ccc(-c2c(-c3ccc4ccccc4c3)oc3c(-c4c5ccccc5c(-c5cccc6ccccc56)c5ccccc45)c4sc5ccccc5c4cc23)cc1. The van der Waals surface area contributed by atoms with Crippen LogP contribution in [0.2, 0.25) is 0 Å². The van der Waals surface area contributed by atoms with Gasteiger partial charge in [0.1, 0.15) is 11.3 Å². The zero-order valence-electron chi connectivity index (χ0n) is 30.3. The standard InChI is InChI=1S/C54H32OS/c1-2-17-35(18-3-1)48-46-32-45-39-22-12-13-28-47(39)56-54(45)51(53(46)55-52(48)37-30-29-33-15-4-5-19-36(33)31-37)50-43-25-10-8-23-41(43)49(42-24-9-11-26-44(42)50)40-27-14-20-34-16-6-7-21-38(34)40/h1-32H. The molecule has 0 aliphatic heterocycles. The summed E-state index contributed by atoms with van der Waals surface area (Å²) in [5, 5.41) is 13.4. The molecule has 0 saturated carbocycles. The first kappa shape index (κ1) is 31.4. The lowest BCUT2D eigenvalue weighted by molar-refractivity contribution is 0.634. The molecule has 0 bridgehead atoms. The highest BCUT2D eigenvalue weighted by Crippen LogP contribution is 2.54. The van der Waals surface area contributed by atoms with Gasteiger partial charge < -0.3 is 4.42 Å². The van der Waals surface area contributed by atoms with Crippen LogP contribution in [0.15, 0.2) is 199 Å². The first-order valence-corrected chi connectivity index (χ1v) is 20.0. The molecule has 0 saturated heterocycles. The Hall–Kier alpha value is -7.00.